The maximum atomic E-state index is 14.1. The standard InChI is InChI=1S/C26H21FN6/c1-4-16(11-28-5-2)18-9-21-25(32-33-26(21)30-12-18)23-10-20-22(13-29-14-24(20)31-23)17-6-15(3)7-19(27)8-17/h4-14,31H,2H2,1,3H3,(H,30,32,33)/b16-4+,28-11?. The first kappa shape index (κ1) is 20.5. The lowest BCUT2D eigenvalue weighted by Gasteiger charge is -2.05. The van der Waals surface area contributed by atoms with Crippen molar-refractivity contribution < 1.29 is 4.39 Å². The van der Waals surface area contributed by atoms with Gasteiger partial charge in [-0.1, -0.05) is 18.7 Å². The number of pyridine rings is 2. The van der Waals surface area contributed by atoms with Gasteiger partial charge >= 0.3 is 0 Å². The molecule has 0 aliphatic rings. The molecule has 0 unspecified atom stereocenters. The Morgan fingerprint density at radius 2 is 1.97 bits per heavy atom. The zero-order valence-corrected chi connectivity index (χ0v) is 18.2. The van der Waals surface area contributed by atoms with Crippen molar-refractivity contribution in [3.63, 3.8) is 0 Å². The minimum Gasteiger partial charge on any atom is -0.352 e. The van der Waals surface area contributed by atoms with E-state index in [-0.39, 0.29) is 5.82 Å². The molecule has 0 radical (unpaired) electrons. The molecule has 4 aromatic heterocycles. The molecule has 0 aliphatic carbocycles. The van der Waals surface area contributed by atoms with Gasteiger partial charge in [0.15, 0.2) is 5.65 Å². The predicted octanol–water partition coefficient (Wildman–Crippen LogP) is 6.23. The summed E-state index contributed by atoms with van der Waals surface area (Å²) in [5, 5.41) is 9.29. The van der Waals surface area contributed by atoms with Gasteiger partial charge in [0.05, 0.1) is 23.1 Å². The van der Waals surface area contributed by atoms with E-state index in [1.165, 1.54) is 18.3 Å². The summed E-state index contributed by atoms with van der Waals surface area (Å²) in [6.45, 7) is 7.46. The van der Waals surface area contributed by atoms with Crippen molar-refractivity contribution in [2.75, 3.05) is 0 Å². The molecule has 162 valence electrons. The first-order valence-electron chi connectivity index (χ1n) is 10.5. The fourth-order valence-corrected chi connectivity index (χ4v) is 4.02. The molecule has 0 saturated carbocycles. The lowest BCUT2D eigenvalue weighted by Crippen LogP contribution is -1.88. The molecular formula is C26H21FN6. The Morgan fingerprint density at radius 3 is 2.76 bits per heavy atom. The summed E-state index contributed by atoms with van der Waals surface area (Å²) in [6.07, 6.45) is 10.5. The first-order chi connectivity index (χ1) is 16.1. The van der Waals surface area contributed by atoms with Crippen LogP contribution < -0.4 is 0 Å². The number of H-pyrrole nitrogens is 2. The summed E-state index contributed by atoms with van der Waals surface area (Å²) in [6, 6.07) is 9.06. The van der Waals surface area contributed by atoms with Gasteiger partial charge in [0.1, 0.15) is 5.82 Å². The lowest BCUT2D eigenvalue weighted by atomic mass is 10.0. The molecule has 0 saturated heterocycles. The Balaban J connectivity index is 1.65. The van der Waals surface area contributed by atoms with E-state index in [4.69, 9.17) is 0 Å². The summed E-state index contributed by atoms with van der Waals surface area (Å²) in [5.41, 5.74) is 7.48. The predicted molar refractivity (Wildman–Crippen MR) is 131 cm³/mol. The molecule has 33 heavy (non-hydrogen) atoms. The average Bonchev–Trinajstić information content (AvgIpc) is 3.42. The zero-order chi connectivity index (χ0) is 22.9. The monoisotopic (exact) mass is 436 g/mol. The van der Waals surface area contributed by atoms with Gasteiger partial charge in [-0.15, -0.1) is 0 Å². The van der Waals surface area contributed by atoms with E-state index in [9.17, 15) is 4.39 Å². The van der Waals surface area contributed by atoms with Crippen molar-refractivity contribution in [2.24, 2.45) is 4.99 Å². The highest BCUT2D eigenvalue weighted by atomic mass is 19.1. The molecule has 2 N–H and O–H groups in total. The van der Waals surface area contributed by atoms with E-state index in [2.05, 4.69) is 36.7 Å². The van der Waals surface area contributed by atoms with Crippen molar-refractivity contribution in [3.05, 3.63) is 84.7 Å². The largest absolute Gasteiger partial charge is 0.352 e. The third-order valence-corrected chi connectivity index (χ3v) is 5.54. The quantitative estimate of drug-likeness (QED) is 0.320. The van der Waals surface area contributed by atoms with Crippen LogP contribution >= 0.6 is 0 Å². The average molecular weight is 436 g/mol. The highest BCUT2D eigenvalue weighted by Crippen LogP contribution is 2.34. The Labute approximate surface area is 189 Å². The smallest absolute Gasteiger partial charge is 0.181 e. The van der Waals surface area contributed by atoms with Crippen LogP contribution in [0, 0.1) is 12.7 Å². The van der Waals surface area contributed by atoms with E-state index in [1.807, 2.05) is 38.1 Å². The Kier molecular flexibility index (Phi) is 5.14. The van der Waals surface area contributed by atoms with Crippen molar-refractivity contribution in [1.82, 2.24) is 25.1 Å². The summed E-state index contributed by atoms with van der Waals surface area (Å²) in [7, 11) is 0. The highest BCUT2D eigenvalue weighted by molar-refractivity contribution is 6.11. The van der Waals surface area contributed by atoms with Gasteiger partial charge in [-0.25, -0.2) is 9.37 Å². The second-order valence-electron chi connectivity index (χ2n) is 7.75. The molecule has 1 aromatic carbocycles. The number of nitrogens with one attached hydrogen (secondary N) is 2. The number of aryl methyl sites for hydroxylation is 1. The normalized spacial score (nSPS) is 12.3. The summed E-state index contributed by atoms with van der Waals surface area (Å²) in [4.78, 5) is 16.4. The molecular weight excluding hydrogens is 415 g/mol. The van der Waals surface area contributed by atoms with Crippen LogP contribution in [0.1, 0.15) is 18.1 Å². The van der Waals surface area contributed by atoms with Crippen LogP contribution in [0.4, 0.5) is 4.39 Å². The van der Waals surface area contributed by atoms with E-state index in [0.29, 0.717) is 5.65 Å². The second-order valence-corrected chi connectivity index (χ2v) is 7.75. The molecule has 0 spiro atoms. The van der Waals surface area contributed by atoms with Gasteiger partial charge in [0.25, 0.3) is 0 Å². The van der Waals surface area contributed by atoms with Gasteiger partial charge < -0.3 is 4.98 Å². The lowest BCUT2D eigenvalue weighted by molar-refractivity contribution is 0.627. The van der Waals surface area contributed by atoms with E-state index in [1.54, 1.807) is 24.8 Å². The van der Waals surface area contributed by atoms with Crippen LogP contribution in [-0.2, 0) is 0 Å². The van der Waals surface area contributed by atoms with E-state index >= 15 is 0 Å². The molecule has 0 atom stereocenters. The number of aromatic nitrogens is 5. The Hall–Kier alpha value is -4.39. The van der Waals surface area contributed by atoms with Crippen molar-refractivity contribution in [2.45, 2.75) is 13.8 Å². The molecule has 0 bridgehead atoms. The summed E-state index contributed by atoms with van der Waals surface area (Å²) < 4.78 is 14.1. The third kappa shape index (κ3) is 3.74. The number of rotatable bonds is 5. The molecule has 5 aromatic rings. The first-order valence-corrected chi connectivity index (χ1v) is 10.5. The molecule has 0 amide bonds. The molecule has 4 heterocycles. The highest BCUT2D eigenvalue weighted by Gasteiger charge is 2.15. The molecule has 0 aliphatic heterocycles. The fourth-order valence-electron chi connectivity index (χ4n) is 4.02. The topological polar surface area (TPSA) is 82.6 Å². The summed E-state index contributed by atoms with van der Waals surface area (Å²) >= 11 is 0. The number of fused-ring (bicyclic) bond motifs is 2. The maximum absolute atomic E-state index is 14.1. The molecule has 6 nitrogen and oxygen atoms in total. The Morgan fingerprint density at radius 1 is 1.09 bits per heavy atom. The van der Waals surface area contributed by atoms with E-state index < -0.39 is 0 Å². The van der Waals surface area contributed by atoms with E-state index in [0.717, 1.165) is 55.5 Å². The summed E-state index contributed by atoms with van der Waals surface area (Å²) in [5.74, 6) is -0.268. The SMILES string of the molecule is C=CN=C/C(=C\C)c1cnc2n[nH]c(-c3cc4c(-c5cc(C)cc(F)c5)cncc4[nH]3)c2c1. The minimum atomic E-state index is -0.268. The number of hydrogen-bond donors (Lipinski definition) is 2. The van der Waals surface area contributed by atoms with Crippen LogP contribution in [0.2, 0.25) is 0 Å². The number of allylic oxidation sites excluding steroid dienone is 2. The number of hydrogen-bond acceptors (Lipinski definition) is 4. The number of halogens is 1. The van der Waals surface area contributed by atoms with Crippen LogP contribution in [0.3, 0.4) is 0 Å². The van der Waals surface area contributed by atoms with Gasteiger partial charge in [-0.2, -0.15) is 5.10 Å². The number of benzene rings is 1. The van der Waals surface area contributed by atoms with Crippen LogP contribution in [0.15, 0.2) is 72.8 Å². The van der Waals surface area contributed by atoms with Gasteiger partial charge in [-0.05, 0) is 54.8 Å². The Bertz CT molecular complexity index is 1550. The zero-order valence-electron chi connectivity index (χ0n) is 18.2. The number of aliphatic imine (C=N–C) groups is 1. The molecule has 7 heteroatoms. The second kappa shape index (κ2) is 8.27. The van der Waals surface area contributed by atoms with Gasteiger partial charge in [-0.3, -0.25) is 15.1 Å². The van der Waals surface area contributed by atoms with Crippen LogP contribution in [-0.4, -0.2) is 31.4 Å². The van der Waals surface area contributed by atoms with Crippen molar-refractivity contribution >= 4 is 33.7 Å². The maximum Gasteiger partial charge on any atom is 0.181 e. The van der Waals surface area contributed by atoms with Gasteiger partial charge in [0.2, 0.25) is 0 Å². The molecule has 0 fully saturated rings. The number of nitrogens with zero attached hydrogens (tertiary/aromatic N) is 4. The van der Waals surface area contributed by atoms with Crippen molar-refractivity contribution in [1.29, 1.82) is 0 Å². The van der Waals surface area contributed by atoms with Crippen molar-refractivity contribution in [3.8, 4) is 22.5 Å². The minimum absolute atomic E-state index is 0.268. The van der Waals surface area contributed by atoms with Crippen LogP contribution in [0.5, 0.6) is 0 Å². The number of aromatic amines is 2. The third-order valence-electron chi connectivity index (χ3n) is 5.54. The fraction of sp³-hybridized carbons (Fsp3) is 0.0769. The van der Waals surface area contributed by atoms with Gasteiger partial charge in [0, 0.05) is 46.7 Å². The van der Waals surface area contributed by atoms with Crippen LogP contribution in [0.25, 0.3) is 50.0 Å². The molecule has 5 rings (SSSR count).